The predicted octanol–water partition coefficient (Wildman–Crippen LogP) is 4.34. The first-order valence-electron chi connectivity index (χ1n) is 7.02. The van der Waals surface area contributed by atoms with Gasteiger partial charge in [0.05, 0.1) is 6.92 Å². The maximum atomic E-state index is 5.90. The Morgan fingerprint density at radius 2 is 1.80 bits per heavy atom. The zero-order valence-corrected chi connectivity index (χ0v) is 11.6. The van der Waals surface area contributed by atoms with Gasteiger partial charge in [-0.25, -0.2) is 0 Å². The molecule has 0 amide bonds. The number of para-hydroxylation sites is 1. The van der Waals surface area contributed by atoms with E-state index in [1.165, 1.54) is 0 Å². The van der Waals surface area contributed by atoms with E-state index in [1.807, 2.05) is 31.2 Å². The largest absolute Gasteiger partial charge is 0.456 e. The highest BCUT2D eigenvalue weighted by molar-refractivity contribution is 6.08. The first-order valence-corrected chi connectivity index (χ1v) is 7.02. The second kappa shape index (κ2) is 4.10. The van der Waals surface area contributed by atoms with Gasteiger partial charge in [0.15, 0.2) is 6.54 Å². The SMILES string of the molecule is CCC[n+]1c(C)oc2cc3oc4ccccc4c3cc21. The summed E-state index contributed by atoms with van der Waals surface area (Å²) in [6.07, 6.45) is 1.09. The van der Waals surface area contributed by atoms with E-state index in [9.17, 15) is 0 Å². The molecule has 2 aromatic carbocycles. The van der Waals surface area contributed by atoms with Crippen molar-refractivity contribution in [3.05, 3.63) is 42.3 Å². The maximum Gasteiger partial charge on any atom is 0.344 e. The number of nitrogens with zero attached hydrogens (tertiary/aromatic N) is 1. The highest BCUT2D eigenvalue weighted by Crippen LogP contribution is 2.31. The van der Waals surface area contributed by atoms with Crippen molar-refractivity contribution < 1.29 is 13.4 Å². The third kappa shape index (κ3) is 1.49. The van der Waals surface area contributed by atoms with Gasteiger partial charge < -0.3 is 8.83 Å². The molecule has 0 radical (unpaired) electrons. The smallest absolute Gasteiger partial charge is 0.344 e. The van der Waals surface area contributed by atoms with Crippen LogP contribution in [-0.2, 0) is 6.54 Å². The molecule has 4 rings (SSSR count). The lowest BCUT2D eigenvalue weighted by Gasteiger charge is -1.91. The summed E-state index contributed by atoms with van der Waals surface area (Å²) in [5.74, 6) is 0.943. The number of hydrogen-bond acceptors (Lipinski definition) is 2. The summed E-state index contributed by atoms with van der Waals surface area (Å²) in [7, 11) is 0. The zero-order valence-electron chi connectivity index (χ0n) is 11.6. The quantitative estimate of drug-likeness (QED) is 0.505. The molecular weight excluding hydrogens is 250 g/mol. The summed E-state index contributed by atoms with van der Waals surface area (Å²) in [5, 5.41) is 2.31. The van der Waals surface area contributed by atoms with Gasteiger partial charge in [-0.05, 0) is 6.07 Å². The average molecular weight is 266 g/mol. The number of aryl methyl sites for hydroxylation is 2. The standard InChI is InChI=1S/C17H16NO2/c1-3-8-18-11(2)19-17-10-16-13(9-14(17)18)12-6-4-5-7-15(12)20-16/h4-7,9-10H,3,8H2,1-2H3/q+1. The van der Waals surface area contributed by atoms with Crippen LogP contribution in [0.3, 0.4) is 0 Å². The highest BCUT2D eigenvalue weighted by Gasteiger charge is 2.20. The molecule has 0 aliphatic carbocycles. The molecule has 2 aromatic heterocycles. The first kappa shape index (κ1) is 11.5. The van der Waals surface area contributed by atoms with E-state index < -0.39 is 0 Å². The van der Waals surface area contributed by atoms with Crippen molar-refractivity contribution in [2.75, 3.05) is 0 Å². The van der Waals surface area contributed by atoms with Crippen molar-refractivity contribution in [2.45, 2.75) is 26.8 Å². The van der Waals surface area contributed by atoms with Crippen molar-refractivity contribution in [3.63, 3.8) is 0 Å². The molecule has 4 aromatic rings. The minimum absolute atomic E-state index is 0.885. The summed E-state index contributed by atoms with van der Waals surface area (Å²) in [6.45, 7) is 5.16. The van der Waals surface area contributed by atoms with E-state index in [4.69, 9.17) is 8.83 Å². The van der Waals surface area contributed by atoms with Crippen LogP contribution < -0.4 is 4.57 Å². The molecule has 0 aliphatic heterocycles. The summed E-state index contributed by atoms with van der Waals surface area (Å²) in [6, 6.07) is 12.3. The fourth-order valence-corrected chi connectivity index (χ4v) is 2.92. The molecule has 0 bridgehead atoms. The van der Waals surface area contributed by atoms with E-state index in [0.29, 0.717) is 0 Å². The van der Waals surface area contributed by atoms with E-state index >= 15 is 0 Å². The van der Waals surface area contributed by atoms with Crippen molar-refractivity contribution in [1.29, 1.82) is 0 Å². The van der Waals surface area contributed by atoms with Gasteiger partial charge in [-0.15, -0.1) is 0 Å². The van der Waals surface area contributed by atoms with Crippen LogP contribution in [0.25, 0.3) is 33.0 Å². The average Bonchev–Trinajstić information content (AvgIpc) is 2.95. The summed E-state index contributed by atoms with van der Waals surface area (Å²) in [4.78, 5) is 0. The normalized spacial score (nSPS) is 11.9. The lowest BCUT2D eigenvalue weighted by atomic mass is 10.1. The van der Waals surface area contributed by atoms with E-state index in [2.05, 4.69) is 23.6 Å². The molecule has 0 saturated carbocycles. The Balaban J connectivity index is 2.13. The Bertz CT molecular complexity index is 930. The summed E-state index contributed by atoms with van der Waals surface area (Å²) >= 11 is 0. The Morgan fingerprint density at radius 1 is 0.950 bits per heavy atom. The molecular formula is C17H16NO2+. The maximum absolute atomic E-state index is 5.90. The van der Waals surface area contributed by atoms with Crippen LogP contribution in [0.4, 0.5) is 0 Å². The van der Waals surface area contributed by atoms with E-state index in [1.54, 1.807) is 0 Å². The molecule has 0 aliphatic rings. The molecule has 0 spiro atoms. The molecule has 0 unspecified atom stereocenters. The van der Waals surface area contributed by atoms with Gasteiger partial charge in [-0.1, -0.05) is 25.1 Å². The highest BCUT2D eigenvalue weighted by atomic mass is 16.4. The van der Waals surface area contributed by atoms with Gasteiger partial charge in [0.1, 0.15) is 11.2 Å². The van der Waals surface area contributed by atoms with Crippen molar-refractivity contribution >= 4 is 33.0 Å². The number of oxazole rings is 1. The minimum Gasteiger partial charge on any atom is -0.456 e. The molecule has 3 nitrogen and oxygen atoms in total. The Hall–Kier alpha value is -2.29. The van der Waals surface area contributed by atoms with Crippen molar-refractivity contribution in [2.24, 2.45) is 0 Å². The second-order valence-corrected chi connectivity index (χ2v) is 5.19. The first-order chi connectivity index (χ1) is 9.78. The molecule has 2 heterocycles. The summed E-state index contributed by atoms with van der Waals surface area (Å²) in [5.41, 5.74) is 3.84. The Kier molecular flexibility index (Phi) is 2.36. The third-order valence-corrected chi connectivity index (χ3v) is 3.83. The number of hydrogen-bond donors (Lipinski definition) is 0. The van der Waals surface area contributed by atoms with Crippen LogP contribution in [0.2, 0.25) is 0 Å². The molecule has 0 fully saturated rings. The van der Waals surface area contributed by atoms with Gasteiger partial charge in [0, 0.05) is 29.3 Å². The van der Waals surface area contributed by atoms with E-state index in [0.717, 1.165) is 51.9 Å². The second-order valence-electron chi connectivity index (χ2n) is 5.19. The van der Waals surface area contributed by atoms with Gasteiger partial charge in [0.25, 0.3) is 5.52 Å². The van der Waals surface area contributed by atoms with E-state index in [-0.39, 0.29) is 0 Å². The Labute approximate surface area is 116 Å². The molecule has 0 saturated heterocycles. The number of fused-ring (bicyclic) bond motifs is 4. The summed E-state index contributed by atoms with van der Waals surface area (Å²) < 4.78 is 14.0. The number of aromatic nitrogens is 1. The molecule has 20 heavy (non-hydrogen) atoms. The zero-order chi connectivity index (χ0) is 13.7. The molecule has 0 N–H and O–H groups in total. The van der Waals surface area contributed by atoms with Crippen molar-refractivity contribution in [1.82, 2.24) is 0 Å². The lowest BCUT2D eigenvalue weighted by molar-refractivity contribution is -0.682. The van der Waals surface area contributed by atoms with Gasteiger partial charge in [0.2, 0.25) is 5.58 Å². The number of furan rings is 1. The number of rotatable bonds is 2. The fourth-order valence-electron chi connectivity index (χ4n) is 2.92. The van der Waals surface area contributed by atoms with Crippen LogP contribution in [0.15, 0.2) is 45.2 Å². The third-order valence-electron chi connectivity index (χ3n) is 3.83. The van der Waals surface area contributed by atoms with Crippen LogP contribution in [-0.4, -0.2) is 0 Å². The van der Waals surface area contributed by atoms with Gasteiger partial charge in [-0.3, -0.25) is 0 Å². The molecule has 0 atom stereocenters. The lowest BCUT2D eigenvalue weighted by Crippen LogP contribution is -2.34. The van der Waals surface area contributed by atoms with Crippen LogP contribution in [0.1, 0.15) is 19.2 Å². The predicted molar refractivity (Wildman–Crippen MR) is 78.7 cm³/mol. The molecule has 100 valence electrons. The minimum atomic E-state index is 0.885. The van der Waals surface area contributed by atoms with Crippen molar-refractivity contribution in [3.8, 4) is 0 Å². The number of benzene rings is 2. The monoisotopic (exact) mass is 266 g/mol. The topological polar surface area (TPSA) is 30.2 Å². The Morgan fingerprint density at radius 3 is 2.65 bits per heavy atom. The fraction of sp³-hybridized carbons (Fsp3) is 0.235. The molecule has 3 heteroatoms. The van der Waals surface area contributed by atoms with Crippen LogP contribution in [0, 0.1) is 6.92 Å². The van der Waals surface area contributed by atoms with Crippen LogP contribution >= 0.6 is 0 Å². The van der Waals surface area contributed by atoms with Gasteiger partial charge in [-0.2, -0.15) is 4.57 Å². The van der Waals surface area contributed by atoms with Crippen LogP contribution in [0.5, 0.6) is 0 Å². The van der Waals surface area contributed by atoms with Gasteiger partial charge >= 0.3 is 5.89 Å².